The fourth-order valence-corrected chi connectivity index (χ4v) is 1.48. The van der Waals surface area contributed by atoms with Crippen molar-refractivity contribution in [2.45, 2.75) is 12.5 Å². The Hall–Kier alpha value is -1.73. The van der Waals surface area contributed by atoms with E-state index < -0.39 is 5.54 Å². The largest absolute Gasteiger partial charge is 0.394 e. The Kier molecular flexibility index (Phi) is 2.95. The summed E-state index contributed by atoms with van der Waals surface area (Å²) in [6.45, 7) is 1.31. The number of rotatable bonds is 4. The highest BCUT2D eigenvalue weighted by molar-refractivity contribution is 5.86. The van der Waals surface area contributed by atoms with E-state index in [4.69, 9.17) is 0 Å². The van der Waals surface area contributed by atoms with Crippen molar-refractivity contribution in [3.63, 3.8) is 0 Å². The first kappa shape index (κ1) is 11.7. The maximum Gasteiger partial charge on any atom is 0.163 e. The van der Waals surface area contributed by atoms with E-state index in [2.05, 4.69) is 20.4 Å². The van der Waals surface area contributed by atoms with Gasteiger partial charge in [0.1, 0.15) is 12.1 Å². The first-order valence-corrected chi connectivity index (χ1v) is 5.22. The van der Waals surface area contributed by atoms with Crippen molar-refractivity contribution in [3.05, 3.63) is 12.5 Å². The van der Waals surface area contributed by atoms with Gasteiger partial charge in [-0.15, -0.1) is 0 Å². The van der Waals surface area contributed by atoms with E-state index in [-0.39, 0.29) is 13.2 Å². The highest BCUT2D eigenvalue weighted by Crippen LogP contribution is 2.21. The van der Waals surface area contributed by atoms with E-state index in [9.17, 15) is 10.2 Å². The van der Waals surface area contributed by atoms with Crippen LogP contribution in [0.25, 0.3) is 11.0 Å². The topological polar surface area (TPSA) is 96.1 Å². The van der Waals surface area contributed by atoms with Crippen molar-refractivity contribution in [1.29, 1.82) is 0 Å². The lowest BCUT2D eigenvalue weighted by molar-refractivity contribution is 0.147. The zero-order chi connectivity index (χ0) is 12.5. The Morgan fingerprint density at radius 3 is 2.71 bits per heavy atom. The van der Waals surface area contributed by atoms with Crippen LogP contribution >= 0.6 is 0 Å². The number of hydrogen-bond acceptors (Lipinski definition) is 6. The van der Waals surface area contributed by atoms with Crippen molar-refractivity contribution in [2.75, 3.05) is 18.5 Å². The Labute approximate surface area is 98.1 Å². The molecule has 0 bridgehead atoms. The Bertz CT molecular complexity index is 520. The summed E-state index contributed by atoms with van der Waals surface area (Å²) < 4.78 is 1.64. The minimum Gasteiger partial charge on any atom is -0.394 e. The zero-order valence-corrected chi connectivity index (χ0v) is 9.75. The number of nitrogens with one attached hydrogen (secondary N) is 1. The lowest BCUT2D eigenvalue weighted by atomic mass is 10.1. The molecule has 0 aliphatic heterocycles. The number of nitrogens with zero attached hydrogens (tertiary/aromatic N) is 4. The van der Waals surface area contributed by atoms with Gasteiger partial charge in [0.05, 0.1) is 30.3 Å². The van der Waals surface area contributed by atoms with E-state index in [1.807, 2.05) is 0 Å². The van der Waals surface area contributed by atoms with Crippen molar-refractivity contribution in [1.82, 2.24) is 19.7 Å². The van der Waals surface area contributed by atoms with Gasteiger partial charge in [-0.2, -0.15) is 5.10 Å². The third kappa shape index (κ3) is 2.06. The average molecular weight is 237 g/mol. The zero-order valence-electron chi connectivity index (χ0n) is 9.75. The van der Waals surface area contributed by atoms with Crippen LogP contribution in [0.3, 0.4) is 0 Å². The van der Waals surface area contributed by atoms with Gasteiger partial charge >= 0.3 is 0 Å². The number of anilines is 1. The average Bonchev–Trinajstić information content (AvgIpc) is 2.72. The molecule has 0 atom stereocenters. The van der Waals surface area contributed by atoms with E-state index in [1.165, 1.54) is 6.33 Å². The van der Waals surface area contributed by atoms with Crippen LogP contribution in [-0.2, 0) is 7.05 Å². The highest BCUT2D eigenvalue weighted by Gasteiger charge is 2.23. The van der Waals surface area contributed by atoms with E-state index >= 15 is 0 Å². The molecule has 2 rings (SSSR count). The molecule has 0 amide bonds. The van der Waals surface area contributed by atoms with E-state index in [1.54, 1.807) is 24.9 Å². The number of aliphatic hydroxyl groups excluding tert-OH is 2. The summed E-state index contributed by atoms with van der Waals surface area (Å²) in [5.74, 6) is 0.550. The first-order valence-electron chi connectivity index (χ1n) is 5.22. The van der Waals surface area contributed by atoms with Crippen LogP contribution in [-0.4, -0.2) is 48.7 Å². The molecule has 2 aromatic heterocycles. The molecule has 92 valence electrons. The van der Waals surface area contributed by atoms with Crippen LogP contribution in [0.5, 0.6) is 0 Å². The second kappa shape index (κ2) is 4.27. The fourth-order valence-electron chi connectivity index (χ4n) is 1.48. The Balaban J connectivity index is 2.42. The van der Waals surface area contributed by atoms with Crippen molar-refractivity contribution < 1.29 is 10.2 Å². The first-order chi connectivity index (χ1) is 8.09. The van der Waals surface area contributed by atoms with E-state index in [0.717, 1.165) is 5.39 Å². The van der Waals surface area contributed by atoms with Crippen LogP contribution in [0.15, 0.2) is 12.5 Å². The molecular weight excluding hydrogens is 222 g/mol. The van der Waals surface area contributed by atoms with Gasteiger partial charge in [0.25, 0.3) is 0 Å². The molecule has 0 spiro atoms. The predicted molar refractivity (Wildman–Crippen MR) is 62.5 cm³/mol. The molecular formula is C10H15N5O2. The van der Waals surface area contributed by atoms with Gasteiger partial charge in [0.2, 0.25) is 0 Å². The second-order valence-electron chi connectivity index (χ2n) is 4.23. The monoisotopic (exact) mass is 237 g/mol. The molecule has 7 nitrogen and oxygen atoms in total. The molecule has 0 aromatic carbocycles. The van der Waals surface area contributed by atoms with Crippen LogP contribution in [0.2, 0.25) is 0 Å². The molecule has 0 saturated heterocycles. The number of hydrogen-bond donors (Lipinski definition) is 3. The molecule has 3 N–H and O–H groups in total. The molecule has 2 aromatic rings. The predicted octanol–water partition coefficient (Wildman–Crippen LogP) is -0.482. The van der Waals surface area contributed by atoms with Crippen LogP contribution in [0.4, 0.5) is 5.82 Å². The molecule has 0 radical (unpaired) electrons. The van der Waals surface area contributed by atoms with Gasteiger partial charge in [-0.3, -0.25) is 4.68 Å². The van der Waals surface area contributed by atoms with Crippen molar-refractivity contribution in [2.24, 2.45) is 7.05 Å². The van der Waals surface area contributed by atoms with Crippen molar-refractivity contribution >= 4 is 16.9 Å². The SMILES string of the molecule is Cn1ncc2c(NC(C)(CO)CO)ncnc21. The normalized spacial score (nSPS) is 12.0. The summed E-state index contributed by atoms with van der Waals surface area (Å²) in [6, 6.07) is 0. The molecule has 17 heavy (non-hydrogen) atoms. The summed E-state index contributed by atoms with van der Waals surface area (Å²) in [7, 11) is 1.79. The Morgan fingerprint density at radius 1 is 1.35 bits per heavy atom. The molecule has 2 heterocycles. The van der Waals surface area contributed by atoms with Gasteiger partial charge in [0, 0.05) is 7.05 Å². The molecule has 7 heteroatoms. The highest BCUT2D eigenvalue weighted by atomic mass is 16.3. The Morgan fingerprint density at radius 2 is 2.06 bits per heavy atom. The van der Waals surface area contributed by atoms with Crippen LogP contribution < -0.4 is 5.32 Å². The lowest BCUT2D eigenvalue weighted by Crippen LogP contribution is -2.42. The van der Waals surface area contributed by atoms with Gasteiger partial charge in [0.15, 0.2) is 5.65 Å². The van der Waals surface area contributed by atoms with Gasteiger partial charge in [-0.1, -0.05) is 0 Å². The summed E-state index contributed by atoms with van der Waals surface area (Å²) >= 11 is 0. The number of fused-ring (bicyclic) bond motifs is 1. The molecule has 0 aliphatic rings. The molecule has 0 fully saturated rings. The van der Waals surface area contributed by atoms with Crippen molar-refractivity contribution in [3.8, 4) is 0 Å². The lowest BCUT2D eigenvalue weighted by Gasteiger charge is -2.26. The number of aryl methyl sites for hydroxylation is 1. The third-order valence-corrected chi connectivity index (χ3v) is 2.65. The smallest absolute Gasteiger partial charge is 0.163 e. The number of aliphatic hydroxyl groups is 2. The van der Waals surface area contributed by atoms with E-state index in [0.29, 0.717) is 11.5 Å². The standard InChI is InChI=1S/C10H15N5O2/c1-10(4-16,5-17)14-8-7-3-13-15(2)9(7)12-6-11-8/h3,6,16-17H,4-5H2,1-2H3,(H,11,12,14). The second-order valence-corrected chi connectivity index (χ2v) is 4.23. The van der Waals surface area contributed by atoms with Gasteiger partial charge < -0.3 is 15.5 Å². The summed E-state index contributed by atoms with van der Waals surface area (Å²) in [6.07, 6.45) is 3.06. The quantitative estimate of drug-likeness (QED) is 0.664. The molecule has 0 aliphatic carbocycles. The minimum absolute atomic E-state index is 0.199. The van der Waals surface area contributed by atoms with Crippen LogP contribution in [0.1, 0.15) is 6.92 Å². The minimum atomic E-state index is -0.822. The summed E-state index contributed by atoms with van der Waals surface area (Å²) in [5.41, 5.74) is -0.127. The summed E-state index contributed by atoms with van der Waals surface area (Å²) in [5, 5.41) is 26.3. The summed E-state index contributed by atoms with van der Waals surface area (Å²) in [4.78, 5) is 8.21. The maximum absolute atomic E-state index is 9.24. The number of aromatic nitrogens is 4. The van der Waals surface area contributed by atoms with Gasteiger partial charge in [-0.25, -0.2) is 9.97 Å². The van der Waals surface area contributed by atoms with Crippen LogP contribution in [0, 0.1) is 0 Å². The maximum atomic E-state index is 9.24. The third-order valence-electron chi connectivity index (χ3n) is 2.65. The fraction of sp³-hybridized carbons (Fsp3) is 0.500. The molecule has 0 saturated carbocycles. The van der Waals surface area contributed by atoms with Gasteiger partial charge in [-0.05, 0) is 6.92 Å². The molecule has 0 unspecified atom stereocenters.